The van der Waals surface area contributed by atoms with Gasteiger partial charge in [0.2, 0.25) is 0 Å². The quantitative estimate of drug-likeness (QED) is 0.343. The summed E-state index contributed by atoms with van der Waals surface area (Å²) in [6.07, 6.45) is 12.2. The van der Waals surface area contributed by atoms with Gasteiger partial charge in [0.05, 0.1) is 0 Å². The van der Waals surface area contributed by atoms with Gasteiger partial charge in [-0.3, -0.25) is 0 Å². The van der Waals surface area contributed by atoms with Crippen LogP contribution in [0.2, 0.25) is 0 Å². The molecule has 0 aromatic carbocycles. The molecule has 176 valence electrons. The molecule has 7 atom stereocenters. The highest BCUT2D eigenvalue weighted by atomic mass is 19.3. The van der Waals surface area contributed by atoms with Crippen LogP contribution in [-0.4, -0.2) is 16.8 Å². The number of alkyl halides is 2. The first-order valence-electron chi connectivity index (χ1n) is 12.8. The van der Waals surface area contributed by atoms with Crippen molar-refractivity contribution in [1.29, 1.82) is 0 Å². The lowest BCUT2D eigenvalue weighted by Gasteiger charge is -2.59. The first-order valence-corrected chi connectivity index (χ1v) is 12.8. The summed E-state index contributed by atoms with van der Waals surface area (Å²) >= 11 is 0. The van der Waals surface area contributed by atoms with E-state index in [1.54, 1.807) is 0 Å². The van der Waals surface area contributed by atoms with E-state index in [0.717, 1.165) is 42.6 Å². The van der Waals surface area contributed by atoms with Gasteiger partial charge < -0.3 is 5.21 Å². The molecule has 0 bridgehead atoms. The van der Waals surface area contributed by atoms with E-state index in [1.165, 1.54) is 44.6 Å². The highest BCUT2D eigenvalue weighted by Gasteiger charge is 2.62. The second kappa shape index (κ2) is 8.13. The SMILES string of the molecule is CC(C)CCC[C@@H](C)C1CCC2C3CCC4=C/C(=N/O)C(F)(F)CC4(C)C3CCC21C. The summed E-state index contributed by atoms with van der Waals surface area (Å²) in [6.45, 7) is 11.7. The van der Waals surface area contributed by atoms with Gasteiger partial charge in [-0.15, -0.1) is 0 Å². The van der Waals surface area contributed by atoms with Crippen LogP contribution in [0.5, 0.6) is 0 Å². The minimum absolute atomic E-state index is 0.190. The van der Waals surface area contributed by atoms with Gasteiger partial charge in [-0.2, -0.15) is 8.78 Å². The van der Waals surface area contributed by atoms with Crippen LogP contribution < -0.4 is 0 Å². The number of fused-ring (bicyclic) bond motifs is 5. The summed E-state index contributed by atoms with van der Waals surface area (Å²) in [5, 5.41) is 12.1. The number of halogens is 2. The van der Waals surface area contributed by atoms with Crippen LogP contribution in [0.1, 0.15) is 98.8 Å². The Balaban J connectivity index is 1.54. The summed E-state index contributed by atoms with van der Waals surface area (Å²) in [6, 6.07) is 0. The number of hydrogen-bond donors (Lipinski definition) is 1. The zero-order valence-electron chi connectivity index (χ0n) is 20.3. The van der Waals surface area contributed by atoms with Crippen molar-refractivity contribution in [2.24, 2.45) is 51.5 Å². The van der Waals surface area contributed by atoms with E-state index < -0.39 is 17.0 Å². The van der Waals surface area contributed by atoms with Crippen molar-refractivity contribution in [3.05, 3.63) is 11.6 Å². The van der Waals surface area contributed by atoms with Crippen molar-refractivity contribution in [3.8, 4) is 0 Å². The van der Waals surface area contributed by atoms with Crippen molar-refractivity contribution >= 4 is 5.71 Å². The summed E-state index contributed by atoms with van der Waals surface area (Å²) in [5.41, 5.74) is 0.594. The number of rotatable bonds is 5. The van der Waals surface area contributed by atoms with E-state index in [1.807, 2.05) is 0 Å². The average Bonchev–Trinajstić information content (AvgIpc) is 3.03. The monoisotopic (exact) mass is 435 g/mol. The van der Waals surface area contributed by atoms with E-state index in [2.05, 4.69) is 39.8 Å². The Labute approximate surface area is 187 Å². The summed E-state index contributed by atoms with van der Waals surface area (Å²) in [7, 11) is 0. The van der Waals surface area contributed by atoms with Gasteiger partial charge in [-0.25, -0.2) is 0 Å². The van der Waals surface area contributed by atoms with E-state index in [-0.39, 0.29) is 6.42 Å². The molecule has 4 aliphatic carbocycles. The molecule has 0 heterocycles. The van der Waals surface area contributed by atoms with Gasteiger partial charge >= 0.3 is 0 Å². The molecular formula is C27H43F2NO. The molecule has 3 fully saturated rings. The zero-order valence-corrected chi connectivity index (χ0v) is 20.3. The van der Waals surface area contributed by atoms with Gasteiger partial charge in [-0.05, 0) is 90.9 Å². The van der Waals surface area contributed by atoms with Crippen LogP contribution in [0, 0.1) is 46.3 Å². The molecular weight excluding hydrogens is 392 g/mol. The molecule has 0 aromatic rings. The normalized spacial score (nSPS) is 43.9. The van der Waals surface area contributed by atoms with Crippen LogP contribution in [0.15, 0.2) is 16.8 Å². The molecule has 2 nitrogen and oxygen atoms in total. The molecule has 6 unspecified atom stereocenters. The molecule has 0 amide bonds. The first kappa shape index (κ1) is 23.2. The van der Waals surface area contributed by atoms with Gasteiger partial charge in [0.1, 0.15) is 5.71 Å². The van der Waals surface area contributed by atoms with Crippen LogP contribution in [0.3, 0.4) is 0 Å². The Kier molecular flexibility index (Phi) is 6.10. The van der Waals surface area contributed by atoms with E-state index in [4.69, 9.17) is 5.21 Å². The van der Waals surface area contributed by atoms with E-state index in [0.29, 0.717) is 23.2 Å². The summed E-state index contributed by atoms with van der Waals surface area (Å²) in [4.78, 5) is 0. The zero-order chi connectivity index (χ0) is 22.6. The van der Waals surface area contributed by atoms with Crippen molar-refractivity contribution in [1.82, 2.24) is 0 Å². The van der Waals surface area contributed by atoms with Gasteiger partial charge in [-0.1, -0.05) is 64.6 Å². The maximum atomic E-state index is 14.8. The highest BCUT2D eigenvalue weighted by Crippen LogP contribution is 2.68. The summed E-state index contributed by atoms with van der Waals surface area (Å²) < 4.78 is 29.6. The Bertz CT molecular complexity index is 744. The molecule has 0 aliphatic heterocycles. The Morgan fingerprint density at radius 1 is 1.06 bits per heavy atom. The largest absolute Gasteiger partial charge is 0.410 e. The molecule has 0 saturated heterocycles. The Morgan fingerprint density at radius 3 is 2.48 bits per heavy atom. The van der Waals surface area contributed by atoms with Crippen molar-refractivity contribution in [2.75, 3.05) is 0 Å². The third-order valence-electron chi connectivity index (χ3n) is 10.3. The fourth-order valence-corrected chi connectivity index (χ4v) is 8.76. The molecule has 31 heavy (non-hydrogen) atoms. The predicted molar refractivity (Wildman–Crippen MR) is 123 cm³/mol. The van der Waals surface area contributed by atoms with E-state index >= 15 is 0 Å². The van der Waals surface area contributed by atoms with Crippen molar-refractivity contribution in [2.45, 2.75) is 105 Å². The molecule has 3 saturated carbocycles. The molecule has 1 N–H and O–H groups in total. The summed E-state index contributed by atoms with van der Waals surface area (Å²) in [5.74, 6) is 0.898. The second-order valence-electron chi connectivity index (χ2n) is 12.4. The lowest BCUT2D eigenvalue weighted by molar-refractivity contribution is -0.0823. The Morgan fingerprint density at radius 2 is 1.81 bits per heavy atom. The molecule has 0 aromatic heterocycles. The van der Waals surface area contributed by atoms with Crippen LogP contribution >= 0.6 is 0 Å². The first-order chi connectivity index (χ1) is 14.5. The fraction of sp³-hybridized carbons (Fsp3) is 0.889. The molecule has 0 radical (unpaired) electrons. The van der Waals surface area contributed by atoms with Gasteiger partial charge in [0.15, 0.2) is 0 Å². The number of nitrogens with zero attached hydrogens (tertiary/aromatic N) is 1. The molecule has 4 rings (SSSR count). The standard InChI is InChI=1S/C27H43F2NO/c1-17(2)7-6-8-18(3)21-11-12-22-20-10-9-19-15-24(30-31)27(28,29)16-26(19,5)23(20)13-14-25(21,22)4/h15,17-18,20-23,31H,6-14,16H2,1-5H3/b30-24-/t18-,20?,21?,22?,23?,25?,26?/m1/s1. The number of hydrogen-bond acceptors (Lipinski definition) is 2. The number of allylic oxidation sites excluding steroid dienone is 2. The van der Waals surface area contributed by atoms with Gasteiger partial charge in [0, 0.05) is 6.42 Å². The van der Waals surface area contributed by atoms with Crippen LogP contribution in [0.25, 0.3) is 0 Å². The van der Waals surface area contributed by atoms with Crippen LogP contribution in [0.4, 0.5) is 8.78 Å². The second-order valence-corrected chi connectivity index (χ2v) is 12.4. The third-order valence-corrected chi connectivity index (χ3v) is 10.3. The molecule has 4 aliphatic rings. The Hall–Kier alpha value is -0.930. The predicted octanol–water partition coefficient (Wildman–Crippen LogP) is 8.10. The minimum Gasteiger partial charge on any atom is -0.410 e. The van der Waals surface area contributed by atoms with Gasteiger partial charge in [0.25, 0.3) is 5.92 Å². The minimum atomic E-state index is -3.03. The number of oxime groups is 1. The van der Waals surface area contributed by atoms with Crippen molar-refractivity contribution in [3.63, 3.8) is 0 Å². The van der Waals surface area contributed by atoms with Crippen LogP contribution in [-0.2, 0) is 0 Å². The maximum Gasteiger partial charge on any atom is 0.293 e. The maximum absolute atomic E-state index is 14.8. The lowest BCUT2D eigenvalue weighted by atomic mass is 9.46. The smallest absolute Gasteiger partial charge is 0.293 e. The fourth-order valence-electron chi connectivity index (χ4n) is 8.76. The lowest BCUT2D eigenvalue weighted by Crippen LogP contribution is -2.53. The topological polar surface area (TPSA) is 32.6 Å². The average molecular weight is 436 g/mol. The molecule has 0 spiro atoms. The highest BCUT2D eigenvalue weighted by molar-refractivity contribution is 6.01. The van der Waals surface area contributed by atoms with Crippen molar-refractivity contribution < 1.29 is 14.0 Å². The molecule has 4 heteroatoms. The third kappa shape index (κ3) is 3.78. The van der Waals surface area contributed by atoms with E-state index in [9.17, 15) is 8.78 Å².